The first kappa shape index (κ1) is 16.9. The molecule has 0 aromatic heterocycles. The van der Waals surface area contributed by atoms with E-state index in [1.807, 2.05) is 18.2 Å². The summed E-state index contributed by atoms with van der Waals surface area (Å²) in [5, 5.41) is 3.07. The first-order valence-electron chi connectivity index (χ1n) is 8.48. The van der Waals surface area contributed by atoms with Gasteiger partial charge in [-0.25, -0.2) is 0 Å². The van der Waals surface area contributed by atoms with Gasteiger partial charge in [-0.1, -0.05) is 28.1 Å². The van der Waals surface area contributed by atoms with Crippen molar-refractivity contribution in [2.75, 3.05) is 19.8 Å². The summed E-state index contributed by atoms with van der Waals surface area (Å²) in [4.78, 5) is 12.5. The second kappa shape index (κ2) is 7.77. The van der Waals surface area contributed by atoms with Crippen molar-refractivity contribution in [1.29, 1.82) is 0 Å². The summed E-state index contributed by atoms with van der Waals surface area (Å²) in [6.45, 7) is 2.09. The van der Waals surface area contributed by atoms with Gasteiger partial charge in [0, 0.05) is 17.6 Å². The fourth-order valence-electron chi connectivity index (χ4n) is 3.06. The minimum atomic E-state index is -0.308. The van der Waals surface area contributed by atoms with Crippen molar-refractivity contribution < 1.29 is 14.3 Å². The second-order valence-corrected chi connectivity index (χ2v) is 7.28. The lowest BCUT2D eigenvalue weighted by atomic mass is 9.95. The first-order valence-corrected chi connectivity index (χ1v) is 9.28. The molecule has 0 unspecified atom stereocenters. The molecule has 1 aliphatic carbocycles. The van der Waals surface area contributed by atoms with E-state index in [0.717, 1.165) is 48.7 Å². The van der Waals surface area contributed by atoms with Gasteiger partial charge in [-0.05, 0) is 56.2 Å². The van der Waals surface area contributed by atoms with Crippen LogP contribution in [0.2, 0.25) is 0 Å². The highest BCUT2D eigenvalue weighted by Gasteiger charge is 2.51. The maximum atomic E-state index is 12.5. The third kappa shape index (κ3) is 4.34. The molecule has 5 heteroatoms. The van der Waals surface area contributed by atoms with Gasteiger partial charge in [0.1, 0.15) is 0 Å². The average molecular weight is 382 g/mol. The van der Waals surface area contributed by atoms with Crippen molar-refractivity contribution in [2.24, 2.45) is 0 Å². The first-order chi connectivity index (χ1) is 11.2. The zero-order chi connectivity index (χ0) is 16.1. The molecule has 2 aliphatic rings. The van der Waals surface area contributed by atoms with Crippen LogP contribution >= 0.6 is 15.9 Å². The van der Waals surface area contributed by atoms with Crippen LogP contribution in [0.4, 0.5) is 0 Å². The average Bonchev–Trinajstić information content (AvgIpc) is 3.37. The Morgan fingerprint density at radius 3 is 2.96 bits per heavy atom. The fraction of sp³-hybridized carbons (Fsp3) is 0.611. The molecule has 2 fully saturated rings. The molecule has 1 amide bonds. The number of halogens is 1. The Bertz CT molecular complexity index is 539. The molecule has 0 radical (unpaired) electrons. The van der Waals surface area contributed by atoms with Crippen LogP contribution in [0.25, 0.3) is 0 Å². The molecule has 1 saturated carbocycles. The zero-order valence-corrected chi connectivity index (χ0v) is 14.9. The maximum Gasteiger partial charge on any atom is 0.230 e. The van der Waals surface area contributed by atoms with Crippen LogP contribution in [-0.4, -0.2) is 32.0 Å². The topological polar surface area (TPSA) is 47.6 Å². The van der Waals surface area contributed by atoms with E-state index >= 15 is 0 Å². The van der Waals surface area contributed by atoms with Crippen LogP contribution in [0.5, 0.6) is 0 Å². The van der Waals surface area contributed by atoms with Crippen LogP contribution in [-0.2, 0) is 19.7 Å². The molecule has 4 nitrogen and oxygen atoms in total. The fourth-order valence-corrected chi connectivity index (χ4v) is 3.46. The molecule has 1 heterocycles. The Balaban J connectivity index is 1.39. The van der Waals surface area contributed by atoms with Gasteiger partial charge < -0.3 is 14.8 Å². The Labute approximate surface area is 146 Å². The summed E-state index contributed by atoms with van der Waals surface area (Å²) in [7, 11) is 0. The smallest absolute Gasteiger partial charge is 0.230 e. The summed E-state index contributed by atoms with van der Waals surface area (Å²) in [5.74, 6) is 0.143. The van der Waals surface area contributed by atoms with Crippen molar-refractivity contribution in [3.8, 4) is 0 Å². The molecule has 126 valence electrons. The van der Waals surface area contributed by atoms with E-state index in [9.17, 15) is 4.79 Å². The van der Waals surface area contributed by atoms with E-state index in [4.69, 9.17) is 9.47 Å². The van der Waals surface area contributed by atoms with Gasteiger partial charge in [0.25, 0.3) is 0 Å². The Morgan fingerprint density at radius 1 is 1.39 bits per heavy atom. The number of benzene rings is 1. The van der Waals surface area contributed by atoms with Crippen molar-refractivity contribution in [2.45, 2.75) is 50.2 Å². The van der Waals surface area contributed by atoms with Gasteiger partial charge >= 0.3 is 0 Å². The highest BCUT2D eigenvalue weighted by Crippen LogP contribution is 2.48. The van der Waals surface area contributed by atoms with E-state index in [-0.39, 0.29) is 17.6 Å². The number of carbonyl (C=O) groups is 1. The molecule has 23 heavy (non-hydrogen) atoms. The summed E-state index contributed by atoms with van der Waals surface area (Å²) in [5.41, 5.74) is 0.799. The molecule has 0 spiro atoms. The summed E-state index contributed by atoms with van der Waals surface area (Å²) < 4.78 is 12.2. The van der Waals surface area contributed by atoms with E-state index in [0.29, 0.717) is 13.2 Å². The molecule has 1 aromatic rings. The van der Waals surface area contributed by atoms with Crippen molar-refractivity contribution in [3.63, 3.8) is 0 Å². The molecule has 1 atom stereocenters. The van der Waals surface area contributed by atoms with Crippen molar-refractivity contribution in [1.82, 2.24) is 5.32 Å². The standard InChI is InChI=1S/C18H24BrNO3/c19-15-6-3-5-14(13-15)18(8-9-18)17(21)20-10-4-12-23-16-7-1-2-11-22-16/h3,5-6,13,16H,1-2,4,7-12H2,(H,20,21)/t16-/m0/s1. The number of amides is 1. The van der Waals surface area contributed by atoms with E-state index in [2.05, 4.69) is 27.3 Å². The number of hydrogen-bond acceptors (Lipinski definition) is 3. The highest BCUT2D eigenvalue weighted by atomic mass is 79.9. The SMILES string of the molecule is O=C(NCCCO[C@H]1CCCCO1)C1(c2cccc(Br)c2)CC1. The molecule has 1 aromatic carbocycles. The number of carbonyl (C=O) groups excluding carboxylic acids is 1. The molecule has 1 N–H and O–H groups in total. The van der Waals surface area contributed by atoms with Gasteiger partial charge in [0.05, 0.1) is 12.0 Å². The van der Waals surface area contributed by atoms with Gasteiger partial charge in [0.2, 0.25) is 5.91 Å². The van der Waals surface area contributed by atoms with Crippen LogP contribution in [0.3, 0.4) is 0 Å². The third-order valence-electron chi connectivity index (χ3n) is 4.61. The van der Waals surface area contributed by atoms with Gasteiger partial charge in [0.15, 0.2) is 6.29 Å². The van der Waals surface area contributed by atoms with Crippen LogP contribution in [0.1, 0.15) is 44.1 Å². The minimum Gasteiger partial charge on any atom is -0.355 e. The lowest BCUT2D eigenvalue weighted by molar-refractivity contribution is -0.162. The van der Waals surface area contributed by atoms with E-state index < -0.39 is 0 Å². The van der Waals surface area contributed by atoms with Crippen molar-refractivity contribution >= 4 is 21.8 Å². The zero-order valence-electron chi connectivity index (χ0n) is 13.4. The molecule has 1 saturated heterocycles. The lowest BCUT2D eigenvalue weighted by Crippen LogP contribution is -2.35. The summed E-state index contributed by atoms with van der Waals surface area (Å²) in [6.07, 6.45) is 5.93. The van der Waals surface area contributed by atoms with Gasteiger partial charge in [-0.2, -0.15) is 0 Å². The third-order valence-corrected chi connectivity index (χ3v) is 5.10. The summed E-state index contributed by atoms with van der Waals surface area (Å²) >= 11 is 3.48. The predicted molar refractivity (Wildman–Crippen MR) is 92.2 cm³/mol. The Morgan fingerprint density at radius 2 is 2.26 bits per heavy atom. The molecular formula is C18H24BrNO3. The molecular weight excluding hydrogens is 358 g/mol. The van der Waals surface area contributed by atoms with Gasteiger partial charge in [-0.15, -0.1) is 0 Å². The van der Waals surface area contributed by atoms with E-state index in [1.165, 1.54) is 6.42 Å². The quantitative estimate of drug-likeness (QED) is 0.734. The Kier molecular flexibility index (Phi) is 5.72. The molecule has 0 bridgehead atoms. The number of ether oxygens (including phenoxy) is 2. The lowest BCUT2D eigenvalue weighted by Gasteiger charge is -2.22. The summed E-state index contributed by atoms with van der Waals surface area (Å²) in [6, 6.07) is 8.07. The highest BCUT2D eigenvalue weighted by molar-refractivity contribution is 9.10. The maximum absolute atomic E-state index is 12.5. The van der Waals surface area contributed by atoms with Crippen LogP contribution in [0.15, 0.2) is 28.7 Å². The van der Waals surface area contributed by atoms with Gasteiger partial charge in [-0.3, -0.25) is 4.79 Å². The monoisotopic (exact) mass is 381 g/mol. The largest absolute Gasteiger partial charge is 0.355 e. The number of hydrogen-bond donors (Lipinski definition) is 1. The predicted octanol–water partition coefficient (Wildman–Crippen LogP) is 3.53. The normalized spacial score (nSPS) is 22.6. The van der Waals surface area contributed by atoms with E-state index in [1.54, 1.807) is 0 Å². The Hall–Kier alpha value is -0.910. The minimum absolute atomic E-state index is 0.0455. The molecule has 1 aliphatic heterocycles. The second-order valence-electron chi connectivity index (χ2n) is 6.37. The van der Waals surface area contributed by atoms with Crippen molar-refractivity contribution in [3.05, 3.63) is 34.3 Å². The number of nitrogens with one attached hydrogen (secondary N) is 1. The van der Waals surface area contributed by atoms with Crippen LogP contribution < -0.4 is 5.32 Å². The van der Waals surface area contributed by atoms with Crippen LogP contribution in [0, 0.1) is 0 Å². The molecule has 3 rings (SSSR count). The number of rotatable bonds is 7.